The van der Waals surface area contributed by atoms with Crippen molar-refractivity contribution in [3.05, 3.63) is 59.0 Å². The zero-order chi connectivity index (χ0) is 15.4. The molecule has 0 radical (unpaired) electrons. The normalized spacial score (nSPS) is 12.1. The molecule has 1 heterocycles. The number of hydrogen-bond acceptors (Lipinski definition) is 3. The number of benzene rings is 1. The van der Waals surface area contributed by atoms with Crippen LogP contribution in [0.3, 0.4) is 0 Å². The fraction of sp³-hybridized carbons (Fsp3) is 0.250. The standard InChI is InChI=1S/C16H19N3O2/c1-11(2)15(19-9-7-12(20)8-10-19)16(21)18-14-6-4-3-5-13(14)17/h3-11,15H,17H2,1-2H3,(H,18,21). The Morgan fingerprint density at radius 2 is 1.76 bits per heavy atom. The van der Waals surface area contributed by atoms with Crippen molar-refractivity contribution in [3.8, 4) is 0 Å². The van der Waals surface area contributed by atoms with Crippen LogP contribution in [-0.2, 0) is 4.79 Å². The van der Waals surface area contributed by atoms with Crippen molar-refractivity contribution in [3.63, 3.8) is 0 Å². The molecule has 21 heavy (non-hydrogen) atoms. The monoisotopic (exact) mass is 285 g/mol. The highest BCUT2D eigenvalue weighted by Crippen LogP contribution is 2.22. The van der Waals surface area contributed by atoms with E-state index in [2.05, 4.69) is 5.32 Å². The Kier molecular flexibility index (Phi) is 4.42. The van der Waals surface area contributed by atoms with Crippen LogP contribution in [0.2, 0.25) is 0 Å². The summed E-state index contributed by atoms with van der Waals surface area (Å²) in [4.78, 5) is 23.7. The fourth-order valence-electron chi connectivity index (χ4n) is 2.21. The van der Waals surface area contributed by atoms with Gasteiger partial charge in [0.2, 0.25) is 5.91 Å². The predicted octanol–water partition coefficient (Wildman–Crippen LogP) is 2.27. The molecule has 1 aromatic carbocycles. The molecule has 1 unspecified atom stereocenters. The highest BCUT2D eigenvalue weighted by Gasteiger charge is 2.23. The van der Waals surface area contributed by atoms with Gasteiger partial charge < -0.3 is 15.6 Å². The average molecular weight is 285 g/mol. The van der Waals surface area contributed by atoms with E-state index in [1.807, 2.05) is 26.0 Å². The summed E-state index contributed by atoms with van der Waals surface area (Å²) >= 11 is 0. The van der Waals surface area contributed by atoms with E-state index in [1.54, 1.807) is 29.1 Å². The van der Waals surface area contributed by atoms with Gasteiger partial charge in [-0.15, -0.1) is 0 Å². The number of pyridine rings is 1. The Labute approximate surface area is 123 Å². The number of nitrogens with two attached hydrogens (primary N) is 1. The Balaban J connectivity index is 2.26. The lowest BCUT2D eigenvalue weighted by molar-refractivity contribution is -0.120. The zero-order valence-corrected chi connectivity index (χ0v) is 12.1. The molecule has 2 rings (SSSR count). The van der Waals surface area contributed by atoms with Gasteiger partial charge >= 0.3 is 0 Å². The number of anilines is 2. The highest BCUT2D eigenvalue weighted by molar-refractivity contribution is 5.96. The Morgan fingerprint density at radius 1 is 1.14 bits per heavy atom. The topological polar surface area (TPSA) is 77.1 Å². The van der Waals surface area contributed by atoms with Crippen molar-refractivity contribution in [2.45, 2.75) is 19.9 Å². The Hall–Kier alpha value is -2.56. The summed E-state index contributed by atoms with van der Waals surface area (Å²) in [5, 5.41) is 2.84. The zero-order valence-electron chi connectivity index (χ0n) is 12.1. The molecule has 3 N–H and O–H groups in total. The first kappa shape index (κ1) is 14.8. The van der Waals surface area contributed by atoms with E-state index in [9.17, 15) is 9.59 Å². The van der Waals surface area contributed by atoms with Gasteiger partial charge in [-0.25, -0.2) is 0 Å². The molecule has 1 amide bonds. The molecule has 0 aliphatic rings. The second-order valence-electron chi connectivity index (χ2n) is 5.25. The molecule has 2 aromatic rings. The van der Waals surface area contributed by atoms with E-state index in [0.29, 0.717) is 11.4 Å². The number of carbonyl (C=O) groups is 1. The number of amides is 1. The van der Waals surface area contributed by atoms with Crippen molar-refractivity contribution in [2.75, 3.05) is 11.1 Å². The molecule has 1 aromatic heterocycles. The van der Waals surface area contributed by atoms with Crippen molar-refractivity contribution >= 4 is 17.3 Å². The second-order valence-corrected chi connectivity index (χ2v) is 5.25. The van der Waals surface area contributed by atoms with E-state index in [0.717, 1.165) is 0 Å². The number of hydrogen-bond donors (Lipinski definition) is 2. The summed E-state index contributed by atoms with van der Waals surface area (Å²) in [6, 6.07) is 9.60. The van der Waals surface area contributed by atoms with Gasteiger partial charge in [-0.05, 0) is 18.1 Å². The number of nitrogen functional groups attached to an aromatic ring is 1. The SMILES string of the molecule is CC(C)C(C(=O)Nc1ccccc1N)n1ccc(=O)cc1. The van der Waals surface area contributed by atoms with Crippen LogP contribution in [0.4, 0.5) is 11.4 Å². The third-order valence-electron chi connectivity index (χ3n) is 3.26. The van der Waals surface area contributed by atoms with Crippen LogP contribution >= 0.6 is 0 Å². The van der Waals surface area contributed by atoms with Gasteiger partial charge in [-0.3, -0.25) is 9.59 Å². The van der Waals surface area contributed by atoms with Crippen LogP contribution in [0.5, 0.6) is 0 Å². The van der Waals surface area contributed by atoms with Gasteiger partial charge in [0.25, 0.3) is 0 Å². The lowest BCUT2D eigenvalue weighted by Gasteiger charge is -2.23. The van der Waals surface area contributed by atoms with Gasteiger partial charge in [0.15, 0.2) is 5.43 Å². The smallest absolute Gasteiger partial charge is 0.247 e. The number of para-hydroxylation sites is 2. The van der Waals surface area contributed by atoms with Crippen molar-refractivity contribution < 1.29 is 4.79 Å². The van der Waals surface area contributed by atoms with Gasteiger partial charge in [-0.1, -0.05) is 26.0 Å². The summed E-state index contributed by atoms with van der Waals surface area (Å²) in [5.74, 6) is -0.0935. The maximum Gasteiger partial charge on any atom is 0.247 e. The summed E-state index contributed by atoms with van der Waals surface area (Å²) in [6.45, 7) is 3.91. The largest absolute Gasteiger partial charge is 0.397 e. The maximum atomic E-state index is 12.5. The van der Waals surface area contributed by atoms with Crippen LogP contribution in [0, 0.1) is 5.92 Å². The Bertz CT molecular complexity index is 671. The van der Waals surface area contributed by atoms with E-state index >= 15 is 0 Å². The minimum atomic E-state index is -0.412. The van der Waals surface area contributed by atoms with Crippen molar-refractivity contribution in [2.24, 2.45) is 5.92 Å². The van der Waals surface area contributed by atoms with Crippen molar-refractivity contribution in [1.82, 2.24) is 4.57 Å². The first-order valence-corrected chi connectivity index (χ1v) is 6.82. The third-order valence-corrected chi connectivity index (χ3v) is 3.26. The molecule has 0 fully saturated rings. The van der Waals surface area contributed by atoms with Gasteiger partial charge in [0, 0.05) is 24.5 Å². The summed E-state index contributed by atoms with van der Waals surface area (Å²) < 4.78 is 1.74. The van der Waals surface area contributed by atoms with Crippen LogP contribution in [0.15, 0.2) is 53.6 Å². The van der Waals surface area contributed by atoms with Crippen LogP contribution < -0.4 is 16.5 Å². The lowest BCUT2D eigenvalue weighted by atomic mass is 10.0. The number of rotatable bonds is 4. The van der Waals surface area contributed by atoms with E-state index in [1.165, 1.54) is 12.1 Å². The predicted molar refractivity (Wildman–Crippen MR) is 84.1 cm³/mol. The van der Waals surface area contributed by atoms with Gasteiger partial charge in [-0.2, -0.15) is 0 Å². The molecule has 5 nitrogen and oxygen atoms in total. The summed E-state index contributed by atoms with van der Waals surface area (Å²) in [7, 11) is 0. The molecular formula is C16H19N3O2. The number of nitrogens with zero attached hydrogens (tertiary/aromatic N) is 1. The average Bonchev–Trinajstić information content (AvgIpc) is 2.43. The molecule has 0 saturated heterocycles. The minimum Gasteiger partial charge on any atom is -0.397 e. The van der Waals surface area contributed by atoms with E-state index < -0.39 is 6.04 Å². The second kappa shape index (κ2) is 6.26. The number of carbonyl (C=O) groups excluding carboxylic acids is 1. The first-order chi connectivity index (χ1) is 9.99. The molecule has 0 spiro atoms. The number of nitrogens with one attached hydrogen (secondary N) is 1. The lowest BCUT2D eigenvalue weighted by Crippen LogP contribution is -2.30. The number of aromatic nitrogens is 1. The van der Waals surface area contributed by atoms with E-state index in [-0.39, 0.29) is 17.3 Å². The molecule has 0 bridgehead atoms. The molecule has 0 aliphatic carbocycles. The van der Waals surface area contributed by atoms with Crippen LogP contribution in [0.1, 0.15) is 19.9 Å². The molecule has 0 saturated carbocycles. The summed E-state index contributed by atoms with van der Waals surface area (Å²) in [6.07, 6.45) is 3.25. The first-order valence-electron chi connectivity index (χ1n) is 6.82. The van der Waals surface area contributed by atoms with Crippen LogP contribution in [0.25, 0.3) is 0 Å². The fourth-order valence-corrected chi connectivity index (χ4v) is 2.21. The van der Waals surface area contributed by atoms with Gasteiger partial charge in [0.1, 0.15) is 6.04 Å². The van der Waals surface area contributed by atoms with Crippen LogP contribution in [-0.4, -0.2) is 10.5 Å². The van der Waals surface area contributed by atoms with Gasteiger partial charge in [0.05, 0.1) is 11.4 Å². The molecule has 0 aliphatic heterocycles. The quantitative estimate of drug-likeness (QED) is 0.846. The highest BCUT2D eigenvalue weighted by atomic mass is 16.2. The third kappa shape index (κ3) is 3.51. The molecular weight excluding hydrogens is 266 g/mol. The summed E-state index contributed by atoms with van der Waals surface area (Å²) in [5.41, 5.74) is 6.87. The molecule has 1 atom stereocenters. The maximum absolute atomic E-state index is 12.5. The van der Waals surface area contributed by atoms with E-state index in [4.69, 9.17) is 5.73 Å². The van der Waals surface area contributed by atoms with Crippen molar-refractivity contribution in [1.29, 1.82) is 0 Å². The minimum absolute atomic E-state index is 0.0671. The Morgan fingerprint density at radius 3 is 2.33 bits per heavy atom. The molecule has 110 valence electrons. The molecule has 5 heteroatoms.